The van der Waals surface area contributed by atoms with Crippen molar-refractivity contribution in [1.29, 1.82) is 0 Å². The Hall–Kier alpha value is -2.64. The molecule has 1 N–H and O–H groups in total. The van der Waals surface area contributed by atoms with Crippen LogP contribution in [-0.2, 0) is 21.4 Å². The van der Waals surface area contributed by atoms with Crippen molar-refractivity contribution in [2.45, 2.75) is 70.4 Å². The van der Waals surface area contributed by atoms with E-state index in [4.69, 9.17) is 4.74 Å². The van der Waals surface area contributed by atoms with Crippen molar-refractivity contribution in [2.24, 2.45) is 0 Å². The number of hydrogen-bond acceptors (Lipinski definition) is 3. The number of ether oxygens (including phenoxy) is 1. The highest BCUT2D eigenvalue weighted by Crippen LogP contribution is 2.43. The molecule has 0 spiro atoms. The second kappa shape index (κ2) is 8.85. The topological polar surface area (TPSA) is 38.3 Å². The maximum atomic E-state index is 14.4. The number of esters is 1. The Bertz CT molecular complexity index is 1040. The molecule has 1 unspecified atom stereocenters. The maximum Gasteiger partial charge on any atom is 0.310 e. The summed E-state index contributed by atoms with van der Waals surface area (Å²) < 4.78 is 19.3. The highest BCUT2D eigenvalue weighted by molar-refractivity contribution is 5.72. The summed E-state index contributed by atoms with van der Waals surface area (Å²) in [4.78, 5) is 11.6. The molecule has 1 saturated carbocycles. The summed E-state index contributed by atoms with van der Waals surface area (Å²) in [5.41, 5.74) is 4.73. The smallest absolute Gasteiger partial charge is 0.310 e. The molecule has 31 heavy (non-hydrogen) atoms. The van der Waals surface area contributed by atoms with E-state index >= 15 is 0 Å². The minimum absolute atomic E-state index is 0.0661. The first-order chi connectivity index (χ1) is 14.9. The fourth-order valence-electron chi connectivity index (χ4n) is 4.31. The molecule has 0 aliphatic heterocycles. The van der Waals surface area contributed by atoms with Gasteiger partial charge >= 0.3 is 5.97 Å². The summed E-state index contributed by atoms with van der Waals surface area (Å²) in [5.74, 6) is 5.41. The summed E-state index contributed by atoms with van der Waals surface area (Å²) in [7, 11) is 0. The van der Waals surface area contributed by atoms with Crippen molar-refractivity contribution in [2.75, 3.05) is 6.61 Å². The highest BCUT2D eigenvalue weighted by Gasteiger charge is 2.35. The van der Waals surface area contributed by atoms with Gasteiger partial charge in [-0.25, -0.2) is 4.39 Å². The highest BCUT2D eigenvalue weighted by atomic mass is 19.1. The Kier molecular flexibility index (Phi) is 6.16. The number of carbonyl (C=O) groups excluding carboxylic acids is 1. The molecule has 2 aliphatic rings. The number of nitrogens with one attached hydrogen (secondary N) is 1. The zero-order valence-corrected chi connectivity index (χ0v) is 18.6. The van der Waals surface area contributed by atoms with Crippen LogP contribution in [0.3, 0.4) is 0 Å². The van der Waals surface area contributed by atoms with E-state index in [0.717, 1.165) is 12.0 Å². The van der Waals surface area contributed by atoms with E-state index in [1.807, 2.05) is 0 Å². The van der Waals surface area contributed by atoms with E-state index in [1.54, 1.807) is 19.1 Å². The van der Waals surface area contributed by atoms with Crippen molar-refractivity contribution in [3.63, 3.8) is 0 Å². The molecule has 0 saturated heterocycles. The molecule has 0 heterocycles. The predicted molar refractivity (Wildman–Crippen MR) is 120 cm³/mol. The van der Waals surface area contributed by atoms with E-state index in [2.05, 4.69) is 49.2 Å². The first-order valence-electron chi connectivity index (χ1n) is 11.2. The lowest BCUT2D eigenvalue weighted by Crippen LogP contribution is -2.33. The van der Waals surface area contributed by atoms with E-state index in [1.165, 1.54) is 36.5 Å². The van der Waals surface area contributed by atoms with Gasteiger partial charge in [0.25, 0.3) is 0 Å². The fourth-order valence-corrected chi connectivity index (χ4v) is 4.31. The average molecular weight is 420 g/mol. The van der Waals surface area contributed by atoms with Gasteiger partial charge in [0.1, 0.15) is 5.82 Å². The molecular weight excluding hydrogens is 389 g/mol. The lowest BCUT2D eigenvalue weighted by Gasteiger charge is -2.37. The van der Waals surface area contributed by atoms with Crippen LogP contribution in [0, 0.1) is 17.7 Å². The van der Waals surface area contributed by atoms with Crippen LogP contribution in [0.15, 0.2) is 36.4 Å². The van der Waals surface area contributed by atoms with Gasteiger partial charge in [0.2, 0.25) is 0 Å². The van der Waals surface area contributed by atoms with Gasteiger partial charge in [-0.15, -0.1) is 0 Å². The molecule has 2 aliphatic carbocycles. The zero-order valence-electron chi connectivity index (χ0n) is 18.6. The standard InChI is InChI=1S/C27H30FNO2/c1-4-31-26(30)17-20-9-7-19(16-24(20)28)6-5-18-8-12-22-23(15-18)27(2,3)14-13-25(22)29-21-10-11-21/h7-9,12,15-16,21,25,29H,4,10-11,13-14,17H2,1-3H3. The number of benzene rings is 2. The maximum absolute atomic E-state index is 14.4. The molecule has 0 bridgehead atoms. The first kappa shape index (κ1) is 21.6. The van der Waals surface area contributed by atoms with Gasteiger partial charge in [-0.1, -0.05) is 37.8 Å². The number of rotatable bonds is 5. The first-order valence-corrected chi connectivity index (χ1v) is 11.2. The molecule has 162 valence electrons. The van der Waals surface area contributed by atoms with Crippen molar-refractivity contribution < 1.29 is 13.9 Å². The third-order valence-electron chi connectivity index (χ3n) is 6.27. The summed E-state index contributed by atoms with van der Waals surface area (Å²) in [6.07, 6.45) is 4.82. The normalized spacial score (nSPS) is 19.2. The van der Waals surface area contributed by atoms with Crippen molar-refractivity contribution in [3.8, 4) is 11.8 Å². The van der Waals surface area contributed by atoms with Crippen LogP contribution < -0.4 is 5.32 Å². The molecule has 4 rings (SSSR count). The van der Waals surface area contributed by atoms with Gasteiger partial charge in [0, 0.05) is 23.2 Å². The molecule has 2 aromatic rings. The average Bonchev–Trinajstić information content (AvgIpc) is 3.55. The molecule has 1 fully saturated rings. The minimum Gasteiger partial charge on any atom is -0.466 e. The molecular formula is C27H30FNO2. The second-order valence-electron chi connectivity index (χ2n) is 9.26. The number of halogens is 1. The zero-order chi connectivity index (χ0) is 22.0. The van der Waals surface area contributed by atoms with Crippen LogP contribution >= 0.6 is 0 Å². The van der Waals surface area contributed by atoms with Gasteiger partial charge in [-0.05, 0) is 79.0 Å². The van der Waals surface area contributed by atoms with Gasteiger partial charge < -0.3 is 10.1 Å². The Morgan fingerprint density at radius 2 is 1.84 bits per heavy atom. The van der Waals surface area contributed by atoms with E-state index in [-0.39, 0.29) is 11.8 Å². The largest absolute Gasteiger partial charge is 0.466 e. The lowest BCUT2D eigenvalue weighted by atomic mass is 9.70. The van der Waals surface area contributed by atoms with E-state index in [0.29, 0.717) is 29.8 Å². The number of carbonyl (C=O) groups is 1. The third kappa shape index (κ3) is 5.17. The third-order valence-corrected chi connectivity index (χ3v) is 6.27. The lowest BCUT2D eigenvalue weighted by molar-refractivity contribution is -0.142. The number of hydrogen-bond donors (Lipinski definition) is 1. The van der Waals surface area contributed by atoms with E-state index in [9.17, 15) is 9.18 Å². The molecule has 0 aromatic heterocycles. The Morgan fingerprint density at radius 3 is 2.52 bits per heavy atom. The fraction of sp³-hybridized carbons (Fsp3) is 0.444. The molecule has 2 aromatic carbocycles. The van der Waals surface area contributed by atoms with Gasteiger partial charge in [0.05, 0.1) is 13.0 Å². The molecule has 0 radical (unpaired) electrons. The SMILES string of the molecule is CCOC(=O)Cc1ccc(C#Cc2ccc3c(c2)C(C)(C)CCC3NC2CC2)cc1F. The molecule has 1 atom stereocenters. The number of fused-ring (bicyclic) bond motifs is 1. The summed E-state index contributed by atoms with van der Waals surface area (Å²) in [6, 6.07) is 12.3. The van der Waals surface area contributed by atoms with Crippen LogP contribution in [0.2, 0.25) is 0 Å². The Balaban J connectivity index is 1.54. The monoisotopic (exact) mass is 419 g/mol. The summed E-state index contributed by atoms with van der Waals surface area (Å²) in [6.45, 7) is 6.62. The second-order valence-corrected chi connectivity index (χ2v) is 9.26. The Morgan fingerprint density at radius 1 is 1.13 bits per heavy atom. The molecule has 3 nitrogen and oxygen atoms in total. The van der Waals surface area contributed by atoms with Crippen molar-refractivity contribution in [3.05, 3.63) is 70.0 Å². The van der Waals surface area contributed by atoms with E-state index < -0.39 is 11.8 Å². The summed E-state index contributed by atoms with van der Waals surface area (Å²) in [5, 5.41) is 3.79. The van der Waals surface area contributed by atoms with Crippen LogP contribution in [-0.4, -0.2) is 18.6 Å². The van der Waals surface area contributed by atoms with Gasteiger partial charge in [-0.2, -0.15) is 0 Å². The van der Waals surface area contributed by atoms with Crippen molar-refractivity contribution in [1.82, 2.24) is 5.32 Å². The van der Waals surface area contributed by atoms with Gasteiger partial charge in [0.15, 0.2) is 0 Å². The quantitative estimate of drug-likeness (QED) is 0.535. The predicted octanol–water partition coefficient (Wildman–Crippen LogP) is 5.20. The van der Waals surface area contributed by atoms with Crippen LogP contribution in [0.5, 0.6) is 0 Å². The van der Waals surface area contributed by atoms with Crippen LogP contribution in [0.4, 0.5) is 4.39 Å². The molecule has 0 amide bonds. The van der Waals surface area contributed by atoms with Gasteiger partial charge in [-0.3, -0.25) is 4.79 Å². The summed E-state index contributed by atoms with van der Waals surface area (Å²) >= 11 is 0. The van der Waals surface area contributed by atoms with Crippen molar-refractivity contribution >= 4 is 5.97 Å². The van der Waals surface area contributed by atoms with Crippen LogP contribution in [0.25, 0.3) is 0 Å². The van der Waals surface area contributed by atoms with Crippen LogP contribution in [0.1, 0.15) is 80.3 Å². The molecule has 4 heteroatoms. The minimum atomic E-state index is -0.430. The Labute approximate surface area is 184 Å².